The third kappa shape index (κ3) is 3.29. The highest BCUT2D eigenvalue weighted by Crippen LogP contribution is 2.38. The molecule has 0 bridgehead atoms. The molecule has 2 N–H and O–H groups in total. The van der Waals surface area contributed by atoms with Crippen molar-refractivity contribution in [3.8, 4) is 0 Å². The van der Waals surface area contributed by atoms with Crippen molar-refractivity contribution in [2.45, 2.75) is 30.6 Å². The molecule has 0 saturated heterocycles. The molecular weight excluding hydrogens is 343 g/mol. The van der Waals surface area contributed by atoms with Gasteiger partial charge < -0.3 is 5.32 Å². The van der Waals surface area contributed by atoms with Gasteiger partial charge in [0, 0.05) is 12.2 Å². The molecule has 1 heterocycles. The van der Waals surface area contributed by atoms with Crippen molar-refractivity contribution in [2.24, 2.45) is 0 Å². The maximum Gasteiger partial charge on any atom is 0.240 e. The number of carbonyl (C=O) groups is 1. The largest absolute Gasteiger partial charge is 0.325 e. The summed E-state index contributed by atoms with van der Waals surface area (Å²) < 4.78 is 41.0. The van der Waals surface area contributed by atoms with E-state index in [1.165, 1.54) is 18.2 Å². The summed E-state index contributed by atoms with van der Waals surface area (Å²) in [5.74, 6) is -0.518. The number of fused-ring (bicyclic) bond motifs is 1. The van der Waals surface area contributed by atoms with Gasteiger partial charge in [0.05, 0.1) is 10.3 Å². The molecule has 0 aliphatic carbocycles. The molecule has 1 amide bonds. The predicted octanol–water partition coefficient (Wildman–Crippen LogP) is 2.58. The van der Waals surface area contributed by atoms with E-state index in [-0.39, 0.29) is 29.6 Å². The van der Waals surface area contributed by atoms with E-state index in [1.807, 2.05) is 0 Å². The first-order valence-corrected chi connectivity index (χ1v) is 9.39. The van der Waals surface area contributed by atoms with E-state index in [0.29, 0.717) is 16.8 Å². The van der Waals surface area contributed by atoms with Gasteiger partial charge in [0.2, 0.25) is 15.9 Å². The second-order valence-corrected chi connectivity index (χ2v) is 8.29. The van der Waals surface area contributed by atoms with Crippen LogP contribution >= 0.6 is 0 Å². The lowest BCUT2D eigenvalue weighted by Crippen LogP contribution is -2.28. The average molecular weight is 362 g/mol. The molecule has 2 aromatic rings. The number of benzene rings is 2. The molecule has 1 aliphatic heterocycles. The SMILES string of the molecule is CC1(C)C(=O)Nc2ccc(S(=O)(=O)NCCc3ccccc3F)cc21. The van der Waals surface area contributed by atoms with E-state index in [4.69, 9.17) is 0 Å². The quantitative estimate of drug-likeness (QED) is 0.858. The second-order valence-electron chi connectivity index (χ2n) is 6.53. The van der Waals surface area contributed by atoms with E-state index in [2.05, 4.69) is 10.0 Å². The zero-order valence-corrected chi connectivity index (χ0v) is 14.8. The van der Waals surface area contributed by atoms with Crippen LogP contribution in [0, 0.1) is 5.82 Å². The number of amides is 1. The molecular formula is C18H19FN2O3S. The van der Waals surface area contributed by atoms with Crippen LogP contribution in [0.2, 0.25) is 0 Å². The summed E-state index contributed by atoms with van der Waals surface area (Å²) in [7, 11) is -3.74. The number of carbonyl (C=O) groups excluding carboxylic acids is 1. The molecule has 0 saturated carbocycles. The van der Waals surface area contributed by atoms with Gasteiger partial charge >= 0.3 is 0 Å². The maximum absolute atomic E-state index is 13.6. The molecule has 0 atom stereocenters. The first-order chi connectivity index (χ1) is 11.7. The van der Waals surface area contributed by atoms with Crippen molar-refractivity contribution in [3.63, 3.8) is 0 Å². The van der Waals surface area contributed by atoms with Crippen LogP contribution < -0.4 is 10.0 Å². The molecule has 0 radical (unpaired) electrons. The summed E-state index contributed by atoms with van der Waals surface area (Å²) in [5, 5.41) is 2.74. The van der Waals surface area contributed by atoms with Gasteiger partial charge in [0.15, 0.2) is 0 Å². The number of anilines is 1. The van der Waals surface area contributed by atoms with Gasteiger partial charge in [0.1, 0.15) is 5.82 Å². The van der Waals surface area contributed by atoms with Crippen LogP contribution in [0.15, 0.2) is 47.4 Å². The predicted molar refractivity (Wildman–Crippen MR) is 93.4 cm³/mol. The van der Waals surface area contributed by atoms with Crippen molar-refractivity contribution >= 4 is 21.6 Å². The van der Waals surface area contributed by atoms with Crippen molar-refractivity contribution in [1.82, 2.24) is 4.72 Å². The highest BCUT2D eigenvalue weighted by Gasteiger charge is 2.39. The van der Waals surface area contributed by atoms with Crippen LogP contribution in [0.3, 0.4) is 0 Å². The maximum atomic E-state index is 13.6. The fourth-order valence-electron chi connectivity index (χ4n) is 2.82. The van der Waals surface area contributed by atoms with Crippen LogP contribution in [0.25, 0.3) is 0 Å². The summed E-state index contributed by atoms with van der Waals surface area (Å²) in [4.78, 5) is 12.1. The Balaban J connectivity index is 1.77. The summed E-state index contributed by atoms with van der Waals surface area (Å²) in [6, 6.07) is 10.8. The van der Waals surface area contributed by atoms with Crippen LogP contribution in [0.1, 0.15) is 25.0 Å². The van der Waals surface area contributed by atoms with E-state index < -0.39 is 15.4 Å². The monoisotopic (exact) mass is 362 g/mol. The average Bonchev–Trinajstić information content (AvgIpc) is 2.78. The Labute approximate surface area is 146 Å². The highest BCUT2D eigenvalue weighted by atomic mass is 32.2. The van der Waals surface area contributed by atoms with Crippen molar-refractivity contribution in [2.75, 3.05) is 11.9 Å². The second kappa shape index (κ2) is 6.24. The first-order valence-electron chi connectivity index (χ1n) is 7.91. The molecule has 25 heavy (non-hydrogen) atoms. The molecule has 0 aromatic heterocycles. The van der Waals surface area contributed by atoms with Crippen LogP contribution in [-0.2, 0) is 26.7 Å². The number of rotatable bonds is 5. The number of sulfonamides is 1. The van der Waals surface area contributed by atoms with Crippen molar-refractivity contribution in [1.29, 1.82) is 0 Å². The van der Waals surface area contributed by atoms with Crippen LogP contribution in [-0.4, -0.2) is 20.9 Å². The molecule has 132 valence electrons. The summed E-state index contributed by atoms with van der Waals surface area (Å²) in [6.45, 7) is 3.58. The van der Waals surface area contributed by atoms with Gasteiger partial charge in [0.25, 0.3) is 0 Å². The third-order valence-electron chi connectivity index (χ3n) is 4.43. The Hall–Kier alpha value is -2.25. The smallest absolute Gasteiger partial charge is 0.240 e. The summed E-state index contributed by atoms with van der Waals surface area (Å²) in [5.41, 5.74) is 0.943. The topological polar surface area (TPSA) is 75.3 Å². The van der Waals surface area contributed by atoms with Gasteiger partial charge in [-0.3, -0.25) is 4.79 Å². The molecule has 1 aliphatic rings. The third-order valence-corrected chi connectivity index (χ3v) is 5.89. The minimum Gasteiger partial charge on any atom is -0.325 e. The zero-order valence-electron chi connectivity index (χ0n) is 14.0. The van der Waals surface area contributed by atoms with E-state index in [1.54, 1.807) is 38.1 Å². The lowest BCUT2D eigenvalue weighted by Gasteiger charge is -2.16. The Kier molecular flexibility index (Phi) is 4.38. The molecule has 7 heteroatoms. The van der Waals surface area contributed by atoms with Crippen molar-refractivity contribution < 1.29 is 17.6 Å². The summed E-state index contributed by atoms with van der Waals surface area (Å²) >= 11 is 0. The lowest BCUT2D eigenvalue weighted by molar-refractivity contribution is -0.119. The Morgan fingerprint density at radius 3 is 2.60 bits per heavy atom. The molecule has 0 spiro atoms. The minimum atomic E-state index is -3.74. The first kappa shape index (κ1) is 17.6. The Bertz CT molecular complexity index is 939. The molecule has 2 aromatic carbocycles. The van der Waals surface area contributed by atoms with Gasteiger partial charge in [-0.25, -0.2) is 17.5 Å². The van der Waals surface area contributed by atoms with Gasteiger partial charge in [-0.05, 0) is 55.7 Å². The summed E-state index contributed by atoms with van der Waals surface area (Å²) in [6.07, 6.45) is 0.252. The van der Waals surface area contributed by atoms with E-state index in [0.717, 1.165) is 0 Å². The molecule has 3 rings (SSSR count). The Morgan fingerprint density at radius 1 is 1.16 bits per heavy atom. The normalized spacial score (nSPS) is 15.7. The molecule has 0 fully saturated rings. The van der Waals surface area contributed by atoms with E-state index in [9.17, 15) is 17.6 Å². The highest BCUT2D eigenvalue weighted by molar-refractivity contribution is 7.89. The number of hydrogen-bond donors (Lipinski definition) is 2. The molecule has 5 nitrogen and oxygen atoms in total. The van der Waals surface area contributed by atoms with Crippen LogP contribution in [0.4, 0.5) is 10.1 Å². The van der Waals surface area contributed by atoms with Gasteiger partial charge in [-0.15, -0.1) is 0 Å². The number of halogens is 1. The van der Waals surface area contributed by atoms with Gasteiger partial charge in [-0.2, -0.15) is 0 Å². The fraction of sp³-hybridized carbons (Fsp3) is 0.278. The van der Waals surface area contributed by atoms with Crippen molar-refractivity contribution in [3.05, 3.63) is 59.4 Å². The van der Waals surface area contributed by atoms with Gasteiger partial charge in [-0.1, -0.05) is 18.2 Å². The Morgan fingerprint density at radius 2 is 1.88 bits per heavy atom. The fourth-order valence-corrected chi connectivity index (χ4v) is 3.88. The minimum absolute atomic E-state index is 0.0843. The van der Waals surface area contributed by atoms with E-state index >= 15 is 0 Å². The standard InChI is InChI=1S/C18H19FN2O3S/c1-18(2)14-11-13(7-8-16(14)21-17(18)22)25(23,24)20-10-9-12-5-3-4-6-15(12)19/h3-8,11,20H,9-10H2,1-2H3,(H,21,22). The number of hydrogen-bond acceptors (Lipinski definition) is 3. The number of nitrogens with one attached hydrogen (secondary N) is 2. The van der Waals surface area contributed by atoms with Crippen LogP contribution in [0.5, 0.6) is 0 Å². The lowest BCUT2D eigenvalue weighted by atomic mass is 9.86. The molecule has 0 unspecified atom stereocenters. The zero-order chi connectivity index (χ0) is 18.2.